The van der Waals surface area contributed by atoms with E-state index in [0.717, 1.165) is 32.9 Å². The number of hydrogen-bond donors (Lipinski definition) is 0. The molecule has 0 atom stereocenters. The summed E-state index contributed by atoms with van der Waals surface area (Å²) in [6.07, 6.45) is 0. The van der Waals surface area contributed by atoms with Gasteiger partial charge in [0.2, 0.25) is 0 Å². The Bertz CT molecular complexity index is 1960. The van der Waals surface area contributed by atoms with Crippen molar-refractivity contribution in [3.8, 4) is 0 Å². The fraction of sp³-hybridized carbons (Fsp3) is 0.200. The summed E-state index contributed by atoms with van der Waals surface area (Å²) >= 11 is 0. The summed E-state index contributed by atoms with van der Waals surface area (Å²) in [6, 6.07) is 26.0. The molecular weight excluding hydrogens is 433 g/mol. The van der Waals surface area contributed by atoms with Crippen LogP contribution in [0.4, 0.5) is 0 Å². The minimum atomic E-state index is -0.489. The highest BCUT2D eigenvalue weighted by molar-refractivity contribution is 6.65. The molecule has 35 heavy (non-hydrogen) atoms. The molecule has 170 valence electrons. The Morgan fingerprint density at radius 3 is 2.09 bits per heavy atom. The van der Waals surface area contributed by atoms with Crippen molar-refractivity contribution in [3.63, 3.8) is 0 Å². The van der Waals surface area contributed by atoms with E-state index in [1.54, 1.807) is 0 Å². The molecule has 1 aliphatic rings. The summed E-state index contributed by atoms with van der Waals surface area (Å²) in [6.45, 7) is 8.34. The zero-order valence-corrected chi connectivity index (χ0v) is 20.2. The molecule has 1 aliphatic heterocycles. The van der Waals surface area contributed by atoms with Crippen molar-refractivity contribution in [2.45, 2.75) is 38.9 Å². The maximum atomic E-state index is 6.62. The van der Waals surface area contributed by atoms with Crippen LogP contribution in [0.15, 0.2) is 77.2 Å². The quantitative estimate of drug-likeness (QED) is 0.248. The van der Waals surface area contributed by atoms with Gasteiger partial charge in [0, 0.05) is 27.0 Å². The molecule has 0 amide bonds. The highest BCUT2D eigenvalue weighted by atomic mass is 16.7. The number of fused-ring (bicyclic) bond motifs is 5. The first-order valence-electron chi connectivity index (χ1n) is 12.2. The third kappa shape index (κ3) is 2.31. The number of nitrogens with zero attached hydrogens (tertiary/aromatic N) is 1. The predicted octanol–water partition coefficient (Wildman–Crippen LogP) is 7.04. The molecule has 4 aromatic carbocycles. The molecule has 0 saturated carbocycles. The molecule has 8 rings (SSSR count). The molecule has 7 aromatic rings. The van der Waals surface area contributed by atoms with E-state index in [2.05, 4.69) is 105 Å². The lowest BCUT2D eigenvalue weighted by molar-refractivity contribution is 0.00578. The van der Waals surface area contributed by atoms with Crippen LogP contribution in [0.3, 0.4) is 0 Å². The molecule has 0 spiro atoms. The SMILES string of the molecule is CC1(C)OB(c2ccc3c4cccc5c6ccccc6n(c6cccc7oc2c3c76)c45)OC1(C)C. The minimum absolute atomic E-state index is 0.420. The summed E-state index contributed by atoms with van der Waals surface area (Å²) in [5, 5.41) is 7.18. The fourth-order valence-corrected chi connectivity index (χ4v) is 5.98. The smallest absolute Gasteiger partial charge is 0.456 e. The average Bonchev–Trinajstić information content (AvgIpc) is 3.42. The van der Waals surface area contributed by atoms with Gasteiger partial charge in [0.05, 0.1) is 33.1 Å². The van der Waals surface area contributed by atoms with E-state index in [0.29, 0.717) is 0 Å². The molecule has 4 heterocycles. The topological polar surface area (TPSA) is 36.0 Å². The van der Waals surface area contributed by atoms with Gasteiger partial charge >= 0.3 is 7.12 Å². The number of benzene rings is 4. The van der Waals surface area contributed by atoms with E-state index in [1.165, 1.54) is 32.6 Å². The molecule has 4 nitrogen and oxygen atoms in total. The van der Waals surface area contributed by atoms with Gasteiger partial charge in [0.15, 0.2) is 0 Å². The van der Waals surface area contributed by atoms with Gasteiger partial charge in [0.25, 0.3) is 0 Å². The minimum Gasteiger partial charge on any atom is -0.456 e. The van der Waals surface area contributed by atoms with Crippen LogP contribution in [-0.2, 0) is 9.31 Å². The summed E-state index contributed by atoms with van der Waals surface area (Å²) in [7, 11) is -0.489. The molecule has 1 saturated heterocycles. The van der Waals surface area contributed by atoms with Crippen LogP contribution in [0.1, 0.15) is 27.7 Å². The molecule has 3 aromatic heterocycles. The largest absolute Gasteiger partial charge is 0.498 e. The van der Waals surface area contributed by atoms with Gasteiger partial charge in [-0.2, -0.15) is 0 Å². The van der Waals surface area contributed by atoms with Gasteiger partial charge in [-0.25, -0.2) is 0 Å². The fourth-order valence-electron chi connectivity index (χ4n) is 5.98. The van der Waals surface area contributed by atoms with E-state index >= 15 is 0 Å². The van der Waals surface area contributed by atoms with Crippen molar-refractivity contribution in [1.29, 1.82) is 0 Å². The Morgan fingerprint density at radius 2 is 1.29 bits per heavy atom. The third-order valence-electron chi connectivity index (χ3n) is 8.39. The number of rotatable bonds is 1. The first-order chi connectivity index (χ1) is 16.9. The van der Waals surface area contributed by atoms with Crippen molar-refractivity contribution >= 4 is 72.6 Å². The third-order valence-corrected chi connectivity index (χ3v) is 8.39. The second-order valence-electron chi connectivity index (χ2n) is 10.8. The van der Waals surface area contributed by atoms with Crippen LogP contribution in [-0.4, -0.2) is 22.7 Å². The van der Waals surface area contributed by atoms with Gasteiger partial charge in [0.1, 0.15) is 11.2 Å². The van der Waals surface area contributed by atoms with Crippen molar-refractivity contribution < 1.29 is 13.7 Å². The predicted molar refractivity (Wildman–Crippen MR) is 144 cm³/mol. The van der Waals surface area contributed by atoms with Gasteiger partial charge in [-0.05, 0) is 51.3 Å². The maximum absolute atomic E-state index is 6.62. The van der Waals surface area contributed by atoms with Crippen LogP contribution >= 0.6 is 0 Å². The molecule has 5 heteroatoms. The van der Waals surface area contributed by atoms with Crippen LogP contribution in [0.2, 0.25) is 0 Å². The number of hydrogen-bond acceptors (Lipinski definition) is 3. The van der Waals surface area contributed by atoms with E-state index in [4.69, 9.17) is 13.7 Å². The number of para-hydroxylation sites is 2. The number of aromatic nitrogens is 1. The monoisotopic (exact) mass is 457 g/mol. The van der Waals surface area contributed by atoms with Crippen molar-refractivity contribution in [1.82, 2.24) is 4.40 Å². The molecule has 1 fully saturated rings. The molecule has 0 aliphatic carbocycles. The molecule has 0 unspecified atom stereocenters. The molecule has 0 N–H and O–H groups in total. The zero-order valence-electron chi connectivity index (χ0n) is 20.2. The molecular formula is C30H24BNO3. The first-order valence-corrected chi connectivity index (χ1v) is 12.2. The Balaban J connectivity index is 1.60. The maximum Gasteiger partial charge on any atom is 0.498 e. The normalized spacial score (nSPS) is 17.9. The lowest BCUT2D eigenvalue weighted by Crippen LogP contribution is -2.41. The van der Waals surface area contributed by atoms with Gasteiger partial charge in [-0.15, -0.1) is 0 Å². The molecule has 0 bridgehead atoms. The van der Waals surface area contributed by atoms with E-state index in [1.807, 2.05) is 0 Å². The highest BCUT2D eigenvalue weighted by Gasteiger charge is 2.52. The van der Waals surface area contributed by atoms with Crippen LogP contribution in [0.5, 0.6) is 0 Å². The van der Waals surface area contributed by atoms with Crippen molar-refractivity contribution in [3.05, 3.63) is 72.8 Å². The summed E-state index contributed by atoms with van der Waals surface area (Å²) in [5.41, 5.74) is 5.40. The Hall–Kier alpha value is -3.54. The lowest BCUT2D eigenvalue weighted by atomic mass is 9.77. The lowest BCUT2D eigenvalue weighted by Gasteiger charge is -2.32. The summed E-state index contributed by atoms with van der Waals surface area (Å²) in [5.74, 6) is 0. The highest BCUT2D eigenvalue weighted by Crippen LogP contribution is 2.43. The average molecular weight is 457 g/mol. The van der Waals surface area contributed by atoms with Crippen molar-refractivity contribution in [2.75, 3.05) is 0 Å². The van der Waals surface area contributed by atoms with Crippen molar-refractivity contribution in [2.24, 2.45) is 0 Å². The second-order valence-corrected chi connectivity index (χ2v) is 10.8. The Labute approximate surface area is 202 Å². The van der Waals surface area contributed by atoms with Crippen LogP contribution in [0.25, 0.3) is 60.0 Å². The van der Waals surface area contributed by atoms with E-state index in [-0.39, 0.29) is 0 Å². The first kappa shape index (κ1) is 19.7. The van der Waals surface area contributed by atoms with E-state index < -0.39 is 18.3 Å². The second kappa shape index (κ2) is 6.17. The van der Waals surface area contributed by atoms with Crippen LogP contribution in [0, 0.1) is 0 Å². The standard InChI is InChI=1S/C30H24BNO3/c1-29(2)30(3,4)35-31(34-29)21-16-15-18-20-11-7-10-19-17-9-5-6-12-22(17)32(27(19)20)23-13-8-14-24-26(23)25(18)28(21)33-24/h5-16H,1-4H3. The molecule has 0 radical (unpaired) electrons. The Kier molecular flexibility index (Phi) is 3.48. The zero-order chi connectivity index (χ0) is 23.7. The summed E-state index contributed by atoms with van der Waals surface area (Å²) in [4.78, 5) is 0. The van der Waals surface area contributed by atoms with Crippen LogP contribution < -0.4 is 5.46 Å². The number of furan rings is 1. The Morgan fingerprint density at radius 1 is 0.629 bits per heavy atom. The van der Waals surface area contributed by atoms with Gasteiger partial charge in [-0.1, -0.05) is 54.6 Å². The van der Waals surface area contributed by atoms with Gasteiger partial charge in [-0.3, -0.25) is 0 Å². The summed E-state index contributed by atoms with van der Waals surface area (Å²) < 4.78 is 21.9. The van der Waals surface area contributed by atoms with Gasteiger partial charge < -0.3 is 18.1 Å². The van der Waals surface area contributed by atoms with E-state index in [9.17, 15) is 0 Å².